The van der Waals surface area contributed by atoms with Gasteiger partial charge >= 0.3 is 6.09 Å². The van der Waals surface area contributed by atoms with Crippen molar-refractivity contribution in [2.24, 2.45) is 5.92 Å². The molecular weight excluding hydrogens is 292 g/mol. The van der Waals surface area contributed by atoms with E-state index in [9.17, 15) is 4.79 Å². The number of hydrogen-bond donors (Lipinski definition) is 2. The van der Waals surface area contributed by atoms with E-state index in [1.165, 1.54) is 0 Å². The molecule has 132 valence electrons. The Kier molecular flexibility index (Phi) is 7.55. The number of rotatable bonds is 8. The fraction of sp³-hybridized carbons (Fsp3) is 0.765. The van der Waals surface area contributed by atoms with Gasteiger partial charge < -0.3 is 19.9 Å². The molecule has 0 radical (unpaired) electrons. The first kappa shape index (κ1) is 19.5. The number of aryl methyl sites for hydroxylation is 1. The Hall–Kier alpha value is -1.56. The molecule has 1 aromatic rings. The summed E-state index contributed by atoms with van der Waals surface area (Å²) in [5.74, 6) is 0.545. The largest absolute Gasteiger partial charge is 0.444 e. The van der Waals surface area contributed by atoms with Crippen LogP contribution >= 0.6 is 0 Å². The van der Waals surface area contributed by atoms with Crippen molar-refractivity contribution in [1.29, 1.82) is 0 Å². The minimum absolute atomic E-state index is 0.197. The van der Waals surface area contributed by atoms with Gasteiger partial charge in [0, 0.05) is 31.9 Å². The highest BCUT2D eigenvalue weighted by Crippen LogP contribution is 2.08. The summed E-state index contributed by atoms with van der Waals surface area (Å²) in [7, 11) is 0. The van der Waals surface area contributed by atoms with Crippen LogP contribution in [0, 0.1) is 5.92 Å². The van der Waals surface area contributed by atoms with Gasteiger partial charge in [-0.15, -0.1) is 0 Å². The Morgan fingerprint density at radius 2 is 2.09 bits per heavy atom. The summed E-state index contributed by atoms with van der Waals surface area (Å²) < 4.78 is 7.40. The van der Waals surface area contributed by atoms with Crippen LogP contribution in [0.5, 0.6) is 0 Å². The van der Waals surface area contributed by atoms with Gasteiger partial charge in [-0.1, -0.05) is 13.8 Å². The van der Waals surface area contributed by atoms with Crippen LogP contribution in [0.15, 0.2) is 12.5 Å². The maximum absolute atomic E-state index is 11.8. The topological polar surface area (TPSA) is 68.2 Å². The van der Waals surface area contributed by atoms with Crippen LogP contribution in [0.2, 0.25) is 0 Å². The van der Waals surface area contributed by atoms with Crippen LogP contribution in [0.4, 0.5) is 4.79 Å². The molecule has 0 spiro atoms. The van der Waals surface area contributed by atoms with E-state index in [0.29, 0.717) is 12.5 Å². The average molecular weight is 324 g/mol. The lowest BCUT2D eigenvalue weighted by atomic mass is 10.0. The Labute approximate surface area is 140 Å². The second-order valence-corrected chi connectivity index (χ2v) is 7.26. The van der Waals surface area contributed by atoms with Gasteiger partial charge in [-0.2, -0.15) is 0 Å². The number of nitrogens with one attached hydrogen (secondary N) is 2. The van der Waals surface area contributed by atoms with E-state index >= 15 is 0 Å². The highest BCUT2D eigenvalue weighted by molar-refractivity contribution is 5.67. The van der Waals surface area contributed by atoms with Crippen molar-refractivity contribution in [1.82, 2.24) is 20.2 Å². The maximum atomic E-state index is 11.8. The summed E-state index contributed by atoms with van der Waals surface area (Å²) in [6.07, 6.45) is 4.33. The van der Waals surface area contributed by atoms with E-state index in [1.54, 1.807) is 0 Å². The summed E-state index contributed by atoms with van der Waals surface area (Å²) in [6.45, 7) is 14.2. The monoisotopic (exact) mass is 324 g/mol. The molecule has 0 bridgehead atoms. The molecular formula is C17H32N4O2. The number of imidazole rings is 1. The van der Waals surface area contributed by atoms with Gasteiger partial charge in [0.2, 0.25) is 0 Å². The van der Waals surface area contributed by atoms with Crippen LogP contribution in [0.3, 0.4) is 0 Å². The Balaban J connectivity index is 2.50. The maximum Gasteiger partial charge on any atom is 0.407 e. The number of carbonyl (C=O) groups excluding carboxylic acids is 1. The van der Waals surface area contributed by atoms with Crippen LogP contribution < -0.4 is 10.6 Å². The molecule has 0 aliphatic heterocycles. The third-order valence-electron chi connectivity index (χ3n) is 3.36. The lowest BCUT2D eigenvalue weighted by Crippen LogP contribution is -2.43. The van der Waals surface area contributed by atoms with Crippen LogP contribution in [0.25, 0.3) is 0 Å². The first-order valence-corrected chi connectivity index (χ1v) is 8.40. The quantitative estimate of drug-likeness (QED) is 0.771. The summed E-state index contributed by atoms with van der Waals surface area (Å²) >= 11 is 0. The first-order chi connectivity index (χ1) is 10.7. The van der Waals surface area contributed by atoms with Crippen molar-refractivity contribution in [3.8, 4) is 0 Å². The molecule has 1 atom stereocenters. The third-order valence-corrected chi connectivity index (χ3v) is 3.36. The molecule has 0 aromatic carbocycles. The van der Waals surface area contributed by atoms with Gasteiger partial charge in [-0.05, 0) is 40.0 Å². The van der Waals surface area contributed by atoms with Gasteiger partial charge in [-0.3, -0.25) is 0 Å². The van der Waals surface area contributed by atoms with Crippen molar-refractivity contribution in [3.05, 3.63) is 18.2 Å². The molecule has 0 aliphatic rings. The van der Waals surface area contributed by atoms with Gasteiger partial charge in [0.1, 0.15) is 5.60 Å². The molecule has 0 saturated heterocycles. The van der Waals surface area contributed by atoms with Crippen molar-refractivity contribution in [2.75, 3.05) is 6.54 Å². The van der Waals surface area contributed by atoms with Crippen molar-refractivity contribution in [2.45, 2.75) is 72.7 Å². The summed E-state index contributed by atoms with van der Waals surface area (Å²) in [6, 6.07) is 0.197. The average Bonchev–Trinajstić information content (AvgIpc) is 2.86. The number of amides is 1. The molecule has 6 heteroatoms. The van der Waals surface area contributed by atoms with Gasteiger partial charge in [-0.25, -0.2) is 9.78 Å². The second-order valence-electron chi connectivity index (χ2n) is 7.26. The molecule has 6 nitrogen and oxygen atoms in total. The highest BCUT2D eigenvalue weighted by atomic mass is 16.6. The Morgan fingerprint density at radius 3 is 2.65 bits per heavy atom. The predicted molar refractivity (Wildman–Crippen MR) is 92.2 cm³/mol. The zero-order valence-corrected chi connectivity index (χ0v) is 15.3. The van der Waals surface area contributed by atoms with Gasteiger partial charge in [0.25, 0.3) is 0 Å². The van der Waals surface area contributed by atoms with E-state index in [-0.39, 0.29) is 12.1 Å². The standard InChI is InChI=1S/C17H32N4O2/c1-7-21-12-18-10-15(21)11-19-14(8-13(2)3)9-20-16(22)23-17(4,5)6/h10,12-14,19H,7-9,11H2,1-6H3,(H,20,22). The van der Waals surface area contributed by atoms with Crippen LogP contribution in [0.1, 0.15) is 53.7 Å². The normalized spacial score (nSPS) is 13.2. The number of hydrogen-bond acceptors (Lipinski definition) is 4. The Bertz CT molecular complexity index is 477. The minimum Gasteiger partial charge on any atom is -0.444 e. The first-order valence-electron chi connectivity index (χ1n) is 8.40. The van der Waals surface area contributed by atoms with Crippen molar-refractivity contribution < 1.29 is 9.53 Å². The molecule has 1 rings (SSSR count). The smallest absolute Gasteiger partial charge is 0.407 e. The van der Waals surface area contributed by atoms with Crippen LogP contribution in [-0.2, 0) is 17.8 Å². The number of nitrogens with zero attached hydrogens (tertiary/aromatic N) is 2. The molecule has 0 fully saturated rings. The molecule has 23 heavy (non-hydrogen) atoms. The molecule has 1 heterocycles. The number of aromatic nitrogens is 2. The van der Waals surface area contributed by atoms with E-state index < -0.39 is 5.60 Å². The SMILES string of the molecule is CCn1cncc1CNC(CNC(=O)OC(C)(C)C)CC(C)C. The lowest BCUT2D eigenvalue weighted by Gasteiger charge is -2.24. The zero-order valence-electron chi connectivity index (χ0n) is 15.3. The number of alkyl carbamates (subject to hydrolysis) is 1. The fourth-order valence-corrected chi connectivity index (χ4v) is 2.36. The van der Waals surface area contributed by atoms with E-state index in [0.717, 1.165) is 25.2 Å². The molecule has 1 aromatic heterocycles. The summed E-state index contributed by atoms with van der Waals surface area (Å²) in [4.78, 5) is 16.0. The van der Waals surface area contributed by atoms with Crippen molar-refractivity contribution in [3.63, 3.8) is 0 Å². The zero-order chi connectivity index (χ0) is 17.5. The number of ether oxygens (including phenoxy) is 1. The lowest BCUT2D eigenvalue weighted by molar-refractivity contribution is 0.0520. The van der Waals surface area contributed by atoms with Gasteiger partial charge in [0.05, 0.1) is 12.0 Å². The highest BCUT2D eigenvalue weighted by Gasteiger charge is 2.18. The van der Waals surface area contributed by atoms with Crippen LogP contribution in [-0.4, -0.2) is 33.8 Å². The molecule has 0 aliphatic carbocycles. The molecule has 1 amide bonds. The predicted octanol–water partition coefficient (Wildman–Crippen LogP) is 2.93. The number of carbonyl (C=O) groups is 1. The second kappa shape index (κ2) is 8.91. The molecule has 0 saturated carbocycles. The van der Waals surface area contributed by atoms with Gasteiger partial charge in [0.15, 0.2) is 0 Å². The van der Waals surface area contributed by atoms with E-state index in [4.69, 9.17) is 4.74 Å². The third kappa shape index (κ3) is 8.02. The van der Waals surface area contributed by atoms with E-state index in [1.807, 2.05) is 33.3 Å². The molecule has 1 unspecified atom stereocenters. The van der Waals surface area contributed by atoms with Crippen molar-refractivity contribution >= 4 is 6.09 Å². The fourth-order valence-electron chi connectivity index (χ4n) is 2.36. The summed E-state index contributed by atoms with van der Waals surface area (Å²) in [5.41, 5.74) is 0.678. The summed E-state index contributed by atoms with van der Waals surface area (Å²) in [5, 5.41) is 6.37. The minimum atomic E-state index is -0.474. The van der Waals surface area contributed by atoms with E-state index in [2.05, 4.69) is 41.0 Å². The Morgan fingerprint density at radius 1 is 1.39 bits per heavy atom. The molecule has 2 N–H and O–H groups in total.